The Bertz CT molecular complexity index is 412. The summed E-state index contributed by atoms with van der Waals surface area (Å²) in [5.41, 5.74) is 0.943. The van der Waals surface area contributed by atoms with E-state index >= 15 is 0 Å². The monoisotopic (exact) mass is 278 g/mol. The van der Waals surface area contributed by atoms with Gasteiger partial charge in [-0.15, -0.1) is 0 Å². The van der Waals surface area contributed by atoms with Crippen LogP contribution < -0.4 is 0 Å². The molecule has 110 valence electrons. The summed E-state index contributed by atoms with van der Waals surface area (Å²) in [5.74, 6) is 3.45. The van der Waals surface area contributed by atoms with Crippen molar-refractivity contribution in [2.45, 2.75) is 64.2 Å². The van der Waals surface area contributed by atoms with Gasteiger partial charge in [-0.05, 0) is 25.0 Å². The fourth-order valence-electron chi connectivity index (χ4n) is 2.06. The van der Waals surface area contributed by atoms with Crippen LogP contribution in [0.5, 0.6) is 0 Å². The molecule has 0 saturated carbocycles. The van der Waals surface area contributed by atoms with Gasteiger partial charge in [-0.2, -0.15) is 0 Å². The van der Waals surface area contributed by atoms with Gasteiger partial charge in [-0.1, -0.05) is 56.2 Å². The van der Waals surface area contributed by atoms with E-state index in [2.05, 4.69) is 18.8 Å². The molecule has 0 aromatic heterocycles. The zero-order chi connectivity index (χ0) is 14.7. The van der Waals surface area contributed by atoms with E-state index in [1.54, 1.807) is 0 Å². The molecule has 0 atom stereocenters. The van der Waals surface area contributed by atoms with Crippen molar-refractivity contribution in [1.82, 2.24) is 0 Å². The number of alkyl halides is 2. The quantitative estimate of drug-likeness (QED) is 0.415. The van der Waals surface area contributed by atoms with Crippen molar-refractivity contribution in [3.8, 4) is 11.8 Å². The van der Waals surface area contributed by atoms with Gasteiger partial charge in [0, 0.05) is 24.8 Å². The van der Waals surface area contributed by atoms with Gasteiger partial charge in [-0.25, -0.2) is 8.78 Å². The minimum atomic E-state index is -2.51. The summed E-state index contributed by atoms with van der Waals surface area (Å²) in [7, 11) is 0. The third-order valence-corrected chi connectivity index (χ3v) is 3.25. The van der Waals surface area contributed by atoms with Crippen molar-refractivity contribution in [3.05, 3.63) is 35.9 Å². The van der Waals surface area contributed by atoms with Crippen LogP contribution in [0.3, 0.4) is 0 Å². The van der Waals surface area contributed by atoms with E-state index in [1.807, 2.05) is 30.3 Å². The van der Waals surface area contributed by atoms with Crippen molar-refractivity contribution >= 4 is 0 Å². The molecule has 20 heavy (non-hydrogen) atoms. The molecule has 0 N–H and O–H groups in total. The Morgan fingerprint density at radius 3 is 2.35 bits per heavy atom. The molecule has 0 bridgehead atoms. The van der Waals surface area contributed by atoms with E-state index in [9.17, 15) is 8.78 Å². The summed E-state index contributed by atoms with van der Waals surface area (Å²) < 4.78 is 27.1. The van der Waals surface area contributed by atoms with Crippen molar-refractivity contribution in [2.24, 2.45) is 0 Å². The van der Waals surface area contributed by atoms with E-state index in [0.717, 1.165) is 24.8 Å². The fourth-order valence-corrected chi connectivity index (χ4v) is 2.06. The lowest BCUT2D eigenvalue weighted by Crippen LogP contribution is -2.15. The molecule has 0 nitrogen and oxygen atoms in total. The van der Waals surface area contributed by atoms with E-state index in [0.29, 0.717) is 19.3 Å². The maximum absolute atomic E-state index is 13.6. The zero-order valence-electron chi connectivity index (χ0n) is 12.3. The van der Waals surface area contributed by atoms with Crippen LogP contribution >= 0.6 is 0 Å². The molecule has 0 heterocycles. The standard InChI is InChI=1S/C18H24F2/c1-2-3-4-10-15-18(19,20)16-11-6-9-14-17-12-7-5-8-13-17/h5,7-8,12-13H,2-4,6,10-11,15-16H2,1H3. The summed E-state index contributed by atoms with van der Waals surface area (Å²) in [5, 5.41) is 0. The Morgan fingerprint density at radius 1 is 0.950 bits per heavy atom. The van der Waals surface area contributed by atoms with E-state index in [4.69, 9.17) is 0 Å². The Morgan fingerprint density at radius 2 is 1.65 bits per heavy atom. The maximum Gasteiger partial charge on any atom is 0.248 e. The van der Waals surface area contributed by atoms with Gasteiger partial charge in [0.1, 0.15) is 0 Å². The number of unbranched alkanes of at least 4 members (excludes halogenated alkanes) is 4. The number of benzene rings is 1. The van der Waals surface area contributed by atoms with Crippen LogP contribution in [0.15, 0.2) is 30.3 Å². The molecule has 1 aromatic carbocycles. The van der Waals surface area contributed by atoms with Crippen LogP contribution in [0.4, 0.5) is 8.78 Å². The minimum Gasteiger partial charge on any atom is -0.207 e. The lowest BCUT2D eigenvalue weighted by Gasteiger charge is -2.15. The van der Waals surface area contributed by atoms with Gasteiger partial charge in [0.25, 0.3) is 0 Å². The lowest BCUT2D eigenvalue weighted by molar-refractivity contribution is -0.0197. The topological polar surface area (TPSA) is 0 Å². The molecule has 0 aliphatic heterocycles. The molecule has 2 heteroatoms. The Kier molecular flexibility index (Phi) is 7.95. The fraction of sp³-hybridized carbons (Fsp3) is 0.556. The number of rotatable bonds is 8. The van der Waals surface area contributed by atoms with Crippen molar-refractivity contribution in [1.29, 1.82) is 0 Å². The van der Waals surface area contributed by atoms with Gasteiger partial charge in [0.05, 0.1) is 0 Å². The Balaban J connectivity index is 2.18. The minimum absolute atomic E-state index is 0.0269. The summed E-state index contributed by atoms with van der Waals surface area (Å²) in [4.78, 5) is 0. The van der Waals surface area contributed by atoms with Crippen LogP contribution in [0.25, 0.3) is 0 Å². The summed E-state index contributed by atoms with van der Waals surface area (Å²) in [6.07, 6.45) is 4.69. The average molecular weight is 278 g/mol. The van der Waals surface area contributed by atoms with Crippen LogP contribution in [0.1, 0.15) is 63.9 Å². The van der Waals surface area contributed by atoms with Crippen molar-refractivity contribution < 1.29 is 8.78 Å². The molecule has 1 aromatic rings. The first-order valence-electron chi connectivity index (χ1n) is 7.56. The van der Waals surface area contributed by atoms with E-state index in [1.165, 1.54) is 0 Å². The highest BCUT2D eigenvalue weighted by Crippen LogP contribution is 2.27. The summed E-state index contributed by atoms with van der Waals surface area (Å²) in [6, 6.07) is 9.64. The predicted octanol–water partition coefficient (Wildman–Crippen LogP) is 5.81. The average Bonchev–Trinajstić information content (AvgIpc) is 2.44. The molecule has 0 unspecified atom stereocenters. The second-order valence-electron chi connectivity index (χ2n) is 5.19. The van der Waals surface area contributed by atoms with Crippen LogP contribution in [0.2, 0.25) is 0 Å². The number of halogens is 2. The molecule has 0 amide bonds. The molecular formula is C18H24F2. The summed E-state index contributed by atoms with van der Waals surface area (Å²) >= 11 is 0. The highest BCUT2D eigenvalue weighted by Gasteiger charge is 2.26. The maximum atomic E-state index is 13.6. The smallest absolute Gasteiger partial charge is 0.207 e. The molecular weight excluding hydrogens is 254 g/mol. The zero-order valence-corrected chi connectivity index (χ0v) is 12.3. The van der Waals surface area contributed by atoms with Crippen molar-refractivity contribution in [2.75, 3.05) is 0 Å². The lowest BCUT2D eigenvalue weighted by atomic mass is 10.0. The Hall–Kier alpha value is -1.36. The van der Waals surface area contributed by atoms with Gasteiger partial charge < -0.3 is 0 Å². The molecule has 1 rings (SSSR count). The highest BCUT2D eigenvalue weighted by molar-refractivity contribution is 5.33. The predicted molar refractivity (Wildman–Crippen MR) is 80.9 cm³/mol. The second-order valence-corrected chi connectivity index (χ2v) is 5.19. The van der Waals surface area contributed by atoms with Crippen molar-refractivity contribution in [3.63, 3.8) is 0 Å². The second kappa shape index (κ2) is 9.53. The summed E-state index contributed by atoms with van der Waals surface area (Å²) in [6.45, 7) is 2.09. The van der Waals surface area contributed by atoms with E-state index < -0.39 is 5.92 Å². The molecule has 0 radical (unpaired) electrons. The normalized spacial score (nSPS) is 10.9. The van der Waals surface area contributed by atoms with Gasteiger partial charge >= 0.3 is 0 Å². The molecule has 0 aliphatic carbocycles. The van der Waals surface area contributed by atoms with Gasteiger partial charge in [0.2, 0.25) is 5.92 Å². The third kappa shape index (κ3) is 7.94. The largest absolute Gasteiger partial charge is 0.248 e. The molecule has 0 fully saturated rings. The molecule has 0 spiro atoms. The SMILES string of the molecule is CCCCCCC(F)(F)CCCC#Cc1ccccc1. The van der Waals surface area contributed by atoms with Gasteiger partial charge in [0.15, 0.2) is 0 Å². The first kappa shape index (κ1) is 16.7. The van der Waals surface area contributed by atoms with Gasteiger partial charge in [-0.3, -0.25) is 0 Å². The third-order valence-electron chi connectivity index (χ3n) is 3.25. The van der Waals surface area contributed by atoms with Crippen LogP contribution in [-0.4, -0.2) is 5.92 Å². The molecule has 0 saturated heterocycles. The number of hydrogen-bond donors (Lipinski definition) is 0. The Labute approximate surface area is 121 Å². The molecule has 0 aliphatic rings. The highest BCUT2D eigenvalue weighted by atomic mass is 19.3. The van der Waals surface area contributed by atoms with Crippen LogP contribution in [0, 0.1) is 11.8 Å². The van der Waals surface area contributed by atoms with E-state index in [-0.39, 0.29) is 12.8 Å². The van der Waals surface area contributed by atoms with Crippen LogP contribution in [-0.2, 0) is 0 Å². The number of hydrogen-bond acceptors (Lipinski definition) is 0. The first-order chi connectivity index (χ1) is 9.64. The first-order valence-corrected chi connectivity index (χ1v) is 7.56.